The number of aromatic amines is 1. The van der Waals surface area contributed by atoms with E-state index in [0.717, 1.165) is 0 Å². The fourth-order valence-corrected chi connectivity index (χ4v) is 4.58. The van der Waals surface area contributed by atoms with E-state index in [0.29, 0.717) is 21.6 Å². The van der Waals surface area contributed by atoms with Gasteiger partial charge in [0.2, 0.25) is 0 Å². The van der Waals surface area contributed by atoms with Crippen molar-refractivity contribution < 1.29 is 19.3 Å². The lowest BCUT2D eigenvalue weighted by Crippen LogP contribution is -2.45. The van der Waals surface area contributed by atoms with E-state index < -0.39 is 35.9 Å². The van der Waals surface area contributed by atoms with Crippen molar-refractivity contribution in [2.75, 3.05) is 0 Å². The van der Waals surface area contributed by atoms with E-state index in [2.05, 4.69) is 9.97 Å². The van der Waals surface area contributed by atoms with Crippen LogP contribution in [0.1, 0.15) is 38.7 Å². The molecule has 2 aromatic heterocycles. The first kappa shape index (κ1) is 19.7. The van der Waals surface area contributed by atoms with Crippen molar-refractivity contribution in [1.82, 2.24) is 14.5 Å². The van der Waals surface area contributed by atoms with Gasteiger partial charge in [-0.2, -0.15) is 4.98 Å². The molecule has 2 aliphatic rings. The highest BCUT2D eigenvalue weighted by atomic mass is 35.5. The van der Waals surface area contributed by atoms with Gasteiger partial charge in [0, 0.05) is 11.2 Å². The lowest BCUT2D eigenvalue weighted by atomic mass is 9.87. The number of halogens is 1. The molecule has 0 bridgehead atoms. The number of hydrogen-bond acceptors (Lipinski definition) is 6. The first-order chi connectivity index (χ1) is 14.2. The highest BCUT2D eigenvalue weighted by Crippen LogP contribution is 2.52. The predicted molar refractivity (Wildman–Crippen MR) is 109 cm³/mol. The number of ether oxygens (including phenoxy) is 3. The Bertz CT molecular complexity index is 1160. The van der Waals surface area contributed by atoms with Crippen LogP contribution in [-0.4, -0.2) is 43.2 Å². The minimum absolute atomic E-state index is 0.329. The highest BCUT2D eigenvalue weighted by molar-refractivity contribution is 6.30. The Morgan fingerprint density at radius 3 is 2.63 bits per heavy atom. The molecular formula is C21H22ClN3O5. The van der Waals surface area contributed by atoms with Gasteiger partial charge >= 0.3 is 0 Å². The number of H-pyrrole nitrogens is 1. The van der Waals surface area contributed by atoms with E-state index >= 15 is 0 Å². The van der Waals surface area contributed by atoms with Crippen LogP contribution in [0.3, 0.4) is 0 Å². The van der Waals surface area contributed by atoms with E-state index in [1.54, 1.807) is 41.1 Å². The third-order valence-electron chi connectivity index (χ3n) is 5.88. The van der Waals surface area contributed by atoms with Crippen LogP contribution in [0.25, 0.3) is 11.0 Å². The fraction of sp³-hybridized carbons (Fsp3) is 0.429. The van der Waals surface area contributed by atoms with Crippen LogP contribution >= 0.6 is 11.6 Å². The molecule has 0 saturated carbocycles. The van der Waals surface area contributed by atoms with Crippen molar-refractivity contribution in [3.05, 3.63) is 63.8 Å². The van der Waals surface area contributed by atoms with Gasteiger partial charge in [-0.1, -0.05) is 23.7 Å². The molecule has 158 valence electrons. The molecule has 2 saturated heterocycles. The normalized spacial score (nSPS) is 31.2. The standard InChI is InChI=1S/C21H22ClN3O5/c1-20(2)28-14-16(29-20)21(3,15(26)11-4-6-12(22)7-5-11)30-19(14)25-9-8-13-17(25)23-10-24-18(13)27/h4-10,14-16,19,26H,1-3H3,(H,23,24,27)/t14-,15-,16-,19-,21-/m1/s1. The molecule has 5 rings (SSSR count). The van der Waals surface area contributed by atoms with E-state index in [1.807, 2.05) is 20.8 Å². The summed E-state index contributed by atoms with van der Waals surface area (Å²) in [5.41, 5.74) is -0.215. The van der Waals surface area contributed by atoms with Gasteiger partial charge in [0.25, 0.3) is 5.56 Å². The average molecular weight is 432 g/mol. The second-order valence-corrected chi connectivity index (χ2v) is 8.80. The zero-order valence-electron chi connectivity index (χ0n) is 16.7. The third kappa shape index (κ3) is 2.91. The zero-order chi connectivity index (χ0) is 21.3. The van der Waals surface area contributed by atoms with Crippen molar-refractivity contribution in [1.29, 1.82) is 0 Å². The van der Waals surface area contributed by atoms with Gasteiger partial charge in [0.15, 0.2) is 12.0 Å². The van der Waals surface area contributed by atoms with Crippen molar-refractivity contribution in [3.63, 3.8) is 0 Å². The Kier molecular flexibility index (Phi) is 4.36. The molecule has 4 heterocycles. The summed E-state index contributed by atoms with van der Waals surface area (Å²) in [6, 6.07) is 8.66. The first-order valence-corrected chi connectivity index (χ1v) is 10.1. The van der Waals surface area contributed by atoms with Gasteiger partial charge in [0.1, 0.15) is 29.6 Å². The quantitative estimate of drug-likeness (QED) is 0.661. The molecule has 3 aromatic rings. The number of nitrogens with zero attached hydrogens (tertiary/aromatic N) is 2. The molecule has 0 amide bonds. The fourth-order valence-electron chi connectivity index (χ4n) is 4.45. The van der Waals surface area contributed by atoms with Crippen molar-refractivity contribution in [2.24, 2.45) is 0 Å². The number of nitrogens with one attached hydrogen (secondary N) is 1. The van der Waals surface area contributed by atoms with Crippen LogP contribution in [0, 0.1) is 0 Å². The maximum Gasteiger partial charge on any atom is 0.282 e. The molecule has 9 heteroatoms. The Hall–Kier alpha value is -2.23. The summed E-state index contributed by atoms with van der Waals surface area (Å²) < 4.78 is 20.6. The molecule has 0 spiro atoms. The number of hydrogen-bond donors (Lipinski definition) is 2. The zero-order valence-corrected chi connectivity index (χ0v) is 17.5. The summed E-state index contributed by atoms with van der Waals surface area (Å²) in [6.07, 6.45) is 0.437. The molecule has 30 heavy (non-hydrogen) atoms. The van der Waals surface area contributed by atoms with Gasteiger partial charge in [-0.05, 0) is 44.5 Å². The summed E-state index contributed by atoms with van der Waals surface area (Å²) in [5.74, 6) is -0.851. The van der Waals surface area contributed by atoms with E-state index in [-0.39, 0.29) is 5.56 Å². The lowest BCUT2D eigenvalue weighted by molar-refractivity contribution is -0.235. The monoisotopic (exact) mass is 431 g/mol. The van der Waals surface area contributed by atoms with E-state index in [4.69, 9.17) is 25.8 Å². The van der Waals surface area contributed by atoms with Gasteiger partial charge < -0.3 is 28.9 Å². The topological polar surface area (TPSA) is 98.6 Å². The predicted octanol–water partition coefficient (Wildman–Crippen LogP) is 2.92. The Morgan fingerprint density at radius 2 is 1.90 bits per heavy atom. The Labute approximate surface area is 177 Å². The number of fused-ring (bicyclic) bond motifs is 2. The van der Waals surface area contributed by atoms with Gasteiger partial charge in [-0.25, -0.2) is 0 Å². The summed E-state index contributed by atoms with van der Waals surface area (Å²) in [6.45, 7) is 5.47. The number of aliphatic hydroxyl groups excluding tert-OH is 1. The number of aromatic nitrogens is 3. The molecule has 8 nitrogen and oxygen atoms in total. The van der Waals surface area contributed by atoms with Crippen LogP contribution in [0.15, 0.2) is 47.7 Å². The minimum Gasteiger partial charge on any atom is -0.385 e. The largest absolute Gasteiger partial charge is 0.385 e. The highest BCUT2D eigenvalue weighted by Gasteiger charge is 2.64. The molecule has 1 aromatic carbocycles. The Balaban J connectivity index is 1.59. The lowest BCUT2D eigenvalue weighted by Gasteiger charge is -2.35. The van der Waals surface area contributed by atoms with Gasteiger partial charge in [-0.15, -0.1) is 0 Å². The maximum absolute atomic E-state index is 12.1. The summed E-state index contributed by atoms with van der Waals surface area (Å²) in [4.78, 5) is 18.9. The van der Waals surface area contributed by atoms with E-state index in [1.165, 1.54) is 6.33 Å². The molecule has 2 aliphatic heterocycles. The van der Waals surface area contributed by atoms with Gasteiger partial charge in [-0.3, -0.25) is 4.79 Å². The summed E-state index contributed by atoms with van der Waals surface area (Å²) >= 11 is 6.00. The number of rotatable bonds is 3. The van der Waals surface area contributed by atoms with Crippen LogP contribution < -0.4 is 5.56 Å². The van der Waals surface area contributed by atoms with Crippen molar-refractivity contribution in [2.45, 2.75) is 56.7 Å². The molecule has 0 radical (unpaired) electrons. The van der Waals surface area contributed by atoms with Crippen LogP contribution in [0.5, 0.6) is 0 Å². The molecule has 5 atom stereocenters. The molecule has 0 aliphatic carbocycles. The SMILES string of the molecule is CC1(C)O[C@H]2[C@H](n3ccc4c(=O)nc[nH]c43)O[C@](C)([C@H](O)c3ccc(Cl)cc3)[C@@H]2O1. The second kappa shape index (κ2) is 6.63. The minimum atomic E-state index is -1.11. The van der Waals surface area contributed by atoms with Crippen LogP contribution in [0.2, 0.25) is 5.02 Å². The second-order valence-electron chi connectivity index (χ2n) is 8.36. The summed E-state index contributed by atoms with van der Waals surface area (Å²) in [7, 11) is 0. The third-order valence-corrected chi connectivity index (χ3v) is 6.13. The smallest absolute Gasteiger partial charge is 0.282 e. The maximum atomic E-state index is 12.1. The molecule has 2 fully saturated rings. The van der Waals surface area contributed by atoms with Gasteiger partial charge in [0.05, 0.1) is 11.7 Å². The number of benzene rings is 1. The van der Waals surface area contributed by atoms with Crippen molar-refractivity contribution >= 4 is 22.6 Å². The van der Waals surface area contributed by atoms with Crippen molar-refractivity contribution in [3.8, 4) is 0 Å². The Morgan fingerprint density at radius 1 is 1.17 bits per heavy atom. The summed E-state index contributed by atoms with van der Waals surface area (Å²) in [5, 5.41) is 12.3. The average Bonchev–Trinajstić information content (AvgIpc) is 3.34. The number of aliphatic hydroxyl groups is 1. The molecule has 0 unspecified atom stereocenters. The van der Waals surface area contributed by atoms with E-state index in [9.17, 15) is 9.90 Å². The first-order valence-electron chi connectivity index (χ1n) is 9.71. The molecule has 2 N–H and O–H groups in total. The molecular weight excluding hydrogens is 410 g/mol. The van der Waals surface area contributed by atoms with Crippen LogP contribution in [0.4, 0.5) is 0 Å². The van der Waals surface area contributed by atoms with Crippen LogP contribution in [-0.2, 0) is 14.2 Å².